The number of benzene rings is 2. The van der Waals surface area contributed by atoms with Crippen LogP contribution >= 0.6 is 0 Å². The quantitative estimate of drug-likeness (QED) is 0.310. The molecule has 1 aromatic heterocycles. The molecule has 1 atom stereocenters. The first-order valence-electron chi connectivity index (χ1n) is 13.1. The Morgan fingerprint density at radius 2 is 1.89 bits per heavy atom. The van der Waals surface area contributed by atoms with Crippen LogP contribution < -0.4 is 14.4 Å². The molecule has 1 fully saturated rings. The molecule has 0 aliphatic carbocycles. The Morgan fingerprint density at radius 3 is 2.61 bits per heavy atom. The van der Waals surface area contributed by atoms with Crippen LogP contribution in [-0.2, 0) is 17.9 Å². The average molecular weight is 522 g/mol. The van der Waals surface area contributed by atoms with Crippen molar-refractivity contribution in [3.05, 3.63) is 83.3 Å². The molecule has 3 aromatic rings. The van der Waals surface area contributed by atoms with Crippen LogP contribution in [0.5, 0.6) is 11.5 Å². The molecule has 1 aliphatic heterocycles. The fourth-order valence-corrected chi connectivity index (χ4v) is 4.72. The molecule has 38 heavy (non-hydrogen) atoms. The number of carbonyl (C=O) groups excluding carboxylic acids is 1. The minimum Gasteiger partial charge on any atom is -0.493 e. The Balaban J connectivity index is 1.41. The van der Waals surface area contributed by atoms with E-state index in [-0.39, 0.29) is 17.9 Å². The van der Waals surface area contributed by atoms with E-state index in [1.54, 1.807) is 37.6 Å². The van der Waals surface area contributed by atoms with Gasteiger partial charge in [0, 0.05) is 31.9 Å². The lowest BCUT2D eigenvalue weighted by atomic mass is 10.1. The fraction of sp³-hybridized carbons (Fsp3) is 0.400. The van der Waals surface area contributed by atoms with E-state index >= 15 is 0 Å². The van der Waals surface area contributed by atoms with Gasteiger partial charge in [-0.15, -0.1) is 0 Å². The van der Waals surface area contributed by atoms with E-state index in [0.29, 0.717) is 35.5 Å². The molecule has 1 saturated heterocycles. The summed E-state index contributed by atoms with van der Waals surface area (Å²) in [5.41, 5.74) is 2.51. The van der Waals surface area contributed by atoms with Gasteiger partial charge in [0.25, 0.3) is 0 Å². The Hall–Kier alpha value is -3.65. The van der Waals surface area contributed by atoms with Gasteiger partial charge in [-0.1, -0.05) is 25.1 Å². The van der Waals surface area contributed by atoms with E-state index in [1.807, 2.05) is 26.0 Å². The maximum Gasteiger partial charge on any atom is 0.342 e. The second-order valence-electron chi connectivity index (χ2n) is 9.68. The average Bonchev–Trinajstić information content (AvgIpc) is 3.41. The Kier molecular flexibility index (Phi) is 9.18. The van der Waals surface area contributed by atoms with Crippen LogP contribution in [0.3, 0.4) is 0 Å². The number of hydrogen-bond donors (Lipinski definition) is 0. The molecule has 8 heteroatoms. The van der Waals surface area contributed by atoms with E-state index in [9.17, 15) is 9.18 Å². The smallest absolute Gasteiger partial charge is 0.342 e. The van der Waals surface area contributed by atoms with Crippen molar-refractivity contribution < 1.29 is 23.4 Å². The van der Waals surface area contributed by atoms with Crippen LogP contribution in [0.15, 0.2) is 60.8 Å². The maximum atomic E-state index is 13.2. The molecule has 1 unspecified atom stereocenters. The topological polar surface area (TPSA) is 64.1 Å². The zero-order chi connectivity index (χ0) is 27.1. The molecular formula is C30H36FN3O4. The first-order chi connectivity index (χ1) is 18.4. The molecular weight excluding hydrogens is 485 g/mol. The Labute approximate surface area is 224 Å². The van der Waals surface area contributed by atoms with E-state index in [4.69, 9.17) is 14.2 Å². The SMILES string of the molecule is CCN(Cc1ccc(OCc2ccc(F)cc2)c(OC)c1)C1CCN(c2ncccc2C(=O)OC(C)C)C1. The number of methoxy groups -OCH3 is 1. The monoisotopic (exact) mass is 521 g/mol. The number of pyridine rings is 1. The van der Waals surface area contributed by atoms with Crippen LogP contribution in [-0.4, -0.2) is 54.7 Å². The molecule has 1 aliphatic rings. The second-order valence-corrected chi connectivity index (χ2v) is 9.68. The molecule has 7 nitrogen and oxygen atoms in total. The standard InChI is InChI=1S/C30H36FN3O4/c1-5-33(25-14-16-34(19-25)29-26(7-6-15-32-29)30(35)38-21(2)3)18-23-10-13-27(28(17-23)36-4)37-20-22-8-11-24(31)12-9-22/h6-13,15,17,21,25H,5,14,16,18-20H2,1-4H3. The van der Waals surface area contributed by atoms with E-state index in [2.05, 4.69) is 27.8 Å². The van der Waals surface area contributed by atoms with Gasteiger partial charge in [-0.05, 0) is 74.3 Å². The van der Waals surface area contributed by atoms with Gasteiger partial charge in [-0.3, -0.25) is 4.90 Å². The molecule has 4 rings (SSSR count). The lowest BCUT2D eigenvalue weighted by molar-refractivity contribution is 0.0378. The number of halogens is 1. The molecule has 0 saturated carbocycles. The van der Waals surface area contributed by atoms with E-state index < -0.39 is 0 Å². The van der Waals surface area contributed by atoms with Crippen molar-refractivity contribution in [2.24, 2.45) is 0 Å². The van der Waals surface area contributed by atoms with Crippen LogP contribution in [0.1, 0.15) is 48.7 Å². The van der Waals surface area contributed by atoms with Crippen LogP contribution in [0.2, 0.25) is 0 Å². The highest BCUT2D eigenvalue weighted by Crippen LogP contribution is 2.31. The largest absolute Gasteiger partial charge is 0.493 e. The Morgan fingerprint density at radius 1 is 1.13 bits per heavy atom. The molecule has 0 N–H and O–H groups in total. The minimum absolute atomic E-state index is 0.186. The lowest BCUT2D eigenvalue weighted by Gasteiger charge is -2.28. The molecule has 202 valence electrons. The normalized spacial score (nSPS) is 15.2. The number of anilines is 1. The minimum atomic E-state index is -0.340. The van der Waals surface area contributed by atoms with Crippen molar-refractivity contribution in [1.29, 1.82) is 0 Å². The second kappa shape index (κ2) is 12.7. The van der Waals surface area contributed by atoms with Gasteiger partial charge in [-0.25, -0.2) is 14.2 Å². The van der Waals surface area contributed by atoms with Crippen molar-refractivity contribution in [3.63, 3.8) is 0 Å². The van der Waals surface area contributed by atoms with E-state index in [0.717, 1.165) is 43.7 Å². The lowest BCUT2D eigenvalue weighted by Crippen LogP contribution is -2.37. The third-order valence-electron chi connectivity index (χ3n) is 6.66. The summed E-state index contributed by atoms with van der Waals surface area (Å²) >= 11 is 0. The highest BCUT2D eigenvalue weighted by molar-refractivity contribution is 5.95. The summed E-state index contributed by atoms with van der Waals surface area (Å²) in [4.78, 5) is 21.8. The predicted octanol–water partition coefficient (Wildman–Crippen LogP) is 5.47. The van der Waals surface area contributed by atoms with Crippen LogP contribution in [0.4, 0.5) is 10.2 Å². The summed E-state index contributed by atoms with van der Waals surface area (Å²) in [6, 6.07) is 16.1. The van der Waals surface area contributed by atoms with Gasteiger partial charge in [-0.2, -0.15) is 0 Å². The summed E-state index contributed by atoms with van der Waals surface area (Å²) in [5.74, 6) is 1.38. The molecule has 2 heterocycles. The summed E-state index contributed by atoms with van der Waals surface area (Å²) in [7, 11) is 1.63. The van der Waals surface area contributed by atoms with Crippen LogP contribution in [0.25, 0.3) is 0 Å². The number of esters is 1. The van der Waals surface area contributed by atoms with Gasteiger partial charge in [0.15, 0.2) is 11.5 Å². The zero-order valence-corrected chi connectivity index (χ0v) is 22.5. The number of rotatable bonds is 11. The molecule has 0 amide bonds. The number of ether oxygens (including phenoxy) is 3. The molecule has 0 radical (unpaired) electrons. The van der Waals surface area contributed by atoms with Crippen molar-refractivity contribution in [1.82, 2.24) is 9.88 Å². The van der Waals surface area contributed by atoms with Gasteiger partial charge >= 0.3 is 5.97 Å². The van der Waals surface area contributed by atoms with Crippen molar-refractivity contribution >= 4 is 11.8 Å². The van der Waals surface area contributed by atoms with Crippen molar-refractivity contribution in [2.45, 2.75) is 52.5 Å². The van der Waals surface area contributed by atoms with Crippen molar-refractivity contribution in [2.75, 3.05) is 31.6 Å². The third kappa shape index (κ3) is 6.81. The highest BCUT2D eigenvalue weighted by Gasteiger charge is 2.30. The van der Waals surface area contributed by atoms with Crippen LogP contribution in [0, 0.1) is 5.82 Å². The molecule has 2 aromatic carbocycles. The first kappa shape index (κ1) is 27.4. The predicted molar refractivity (Wildman–Crippen MR) is 145 cm³/mol. The molecule has 0 bridgehead atoms. The molecule has 0 spiro atoms. The maximum absolute atomic E-state index is 13.2. The summed E-state index contributed by atoms with van der Waals surface area (Å²) in [5, 5.41) is 0. The van der Waals surface area contributed by atoms with Gasteiger partial charge in [0.2, 0.25) is 0 Å². The number of aromatic nitrogens is 1. The van der Waals surface area contributed by atoms with Crippen molar-refractivity contribution in [3.8, 4) is 11.5 Å². The van der Waals surface area contributed by atoms with Gasteiger partial charge < -0.3 is 19.1 Å². The first-order valence-corrected chi connectivity index (χ1v) is 13.1. The summed E-state index contributed by atoms with van der Waals surface area (Å²) in [6.45, 7) is 9.42. The number of carbonyl (C=O) groups is 1. The van der Waals surface area contributed by atoms with Gasteiger partial charge in [0.05, 0.1) is 13.2 Å². The van der Waals surface area contributed by atoms with E-state index in [1.165, 1.54) is 12.1 Å². The third-order valence-corrected chi connectivity index (χ3v) is 6.66. The zero-order valence-electron chi connectivity index (χ0n) is 22.5. The van der Waals surface area contributed by atoms with Gasteiger partial charge in [0.1, 0.15) is 23.8 Å². The number of hydrogen-bond acceptors (Lipinski definition) is 7. The summed E-state index contributed by atoms with van der Waals surface area (Å²) in [6.07, 6.45) is 2.51. The summed E-state index contributed by atoms with van der Waals surface area (Å²) < 4.78 is 30.2. The highest BCUT2D eigenvalue weighted by atomic mass is 19.1. The Bertz CT molecular complexity index is 1220. The fourth-order valence-electron chi connectivity index (χ4n) is 4.72. The number of likely N-dealkylation sites (N-methyl/N-ethyl adjacent to an activating group) is 1. The number of nitrogens with zero attached hydrogens (tertiary/aromatic N) is 3.